The first kappa shape index (κ1) is 22.1. The smallest absolute Gasteiger partial charge is 0.238 e. The molecule has 160 valence electrons. The maximum atomic E-state index is 12.7. The lowest BCUT2D eigenvalue weighted by molar-refractivity contribution is -0.115. The van der Waals surface area contributed by atoms with E-state index in [9.17, 15) is 4.79 Å². The summed E-state index contributed by atoms with van der Waals surface area (Å²) >= 11 is 11.3. The monoisotopic (exact) mass is 517 g/mol. The number of benzene rings is 3. The van der Waals surface area contributed by atoms with Crippen LogP contribution in [-0.2, 0) is 11.4 Å². The summed E-state index contributed by atoms with van der Waals surface area (Å²) in [7, 11) is 0. The molecule has 0 spiro atoms. The number of carbonyl (C=O) groups is 1. The standard InChI is InChI=1S/C24H21BrClNO3S/c1-2-29-21-13-17(12-20(25)23(21)30-14-16-6-4-3-5-7-16)24-27(22(28)15-31-24)19-10-8-18(26)9-11-19/h3-13,24H,2,14-15H2,1H3/t24-/m0/s1. The highest BCUT2D eigenvalue weighted by atomic mass is 79.9. The molecule has 0 N–H and O–H groups in total. The summed E-state index contributed by atoms with van der Waals surface area (Å²) in [6, 6.07) is 21.3. The van der Waals surface area contributed by atoms with Gasteiger partial charge >= 0.3 is 0 Å². The molecule has 31 heavy (non-hydrogen) atoms. The van der Waals surface area contributed by atoms with Crippen LogP contribution in [0.1, 0.15) is 23.4 Å². The normalized spacial score (nSPS) is 15.9. The van der Waals surface area contributed by atoms with Gasteiger partial charge in [-0.2, -0.15) is 0 Å². The van der Waals surface area contributed by atoms with Crippen LogP contribution in [0.3, 0.4) is 0 Å². The lowest BCUT2D eigenvalue weighted by atomic mass is 10.1. The van der Waals surface area contributed by atoms with E-state index in [4.69, 9.17) is 21.1 Å². The number of carbonyl (C=O) groups excluding carboxylic acids is 1. The van der Waals surface area contributed by atoms with Crippen LogP contribution in [0.4, 0.5) is 5.69 Å². The number of hydrogen-bond donors (Lipinski definition) is 0. The first-order valence-electron chi connectivity index (χ1n) is 9.89. The van der Waals surface area contributed by atoms with E-state index < -0.39 is 0 Å². The largest absolute Gasteiger partial charge is 0.490 e. The van der Waals surface area contributed by atoms with Gasteiger partial charge in [0.1, 0.15) is 12.0 Å². The summed E-state index contributed by atoms with van der Waals surface area (Å²) < 4.78 is 12.8. The van der Waals surface area contributed by atoms with Crippen LogP contribution in [0.15, 0.2) is 71.2 Å². The number of anilines is 1. The molecule has 3 aromatic rings. The van der Waals surface area contributed by atoms with Gasteiger partial charge in [0.15, 0.2) is 11.5 Å². The predicted molar refractivity (Wildman–Crippen MR) is 130 cm³/mol. The van der Waals surface area contributed by atoms with Crippen LogP contribution in [0.2, 0.25) is 5.02 Å². The summed E-state index contributed by atoms with van der Waals surface area (Å²) in [5.41, 5.74) is 2.86. The molecule has 0 aliphatic carbocycles. The van der Waals surface area contributed by atoms with Gasteiger partial charge in [0.05, 0.1) is 16.8 Å². The molecule has 7 heteroatoms. The minimum atomic E-state index is -0.160. The zero-order valence-electron chi connectivity index (χ0n) is 16.9. The molecular weight excluding hydrogens is 498 g/mol. The van der Waals surface area contributed by atoms with E-state index in [0.717, 1.165) is 21.3 Å². The Bertz CT molecular complexity index is 1060. The van der Waals surface area contributed by atoms with Gasteiger partial charge in [-0.1, -0.05) is 41.9 Å². The van der Waals surface area contributed by atoms with Gasteiger partial charge in [-0.3, -0.25) is 9.69 Å². The minimum Gasteiger partial charge on any atom is -0.490 e. The Labute approximate surface area is 199 Å². The topological polar surface area (TPSA) is 38.8 Å². The molecule has 4 rings (SSSR count). The molecule has 0 aromatic heterocycles. The van der Waals surface area contributed by atoms with E-state index in [1.807, 2.05) is 66.4 Å². The first-order valence-corrected chi connectivity index (χ1v) is 12.1. The zero-order valence-corrected chi connectivity index (χ0v) is 20.0. The molecule has 3 aromatic carbocycles. The highest BCUT2D eigenvalue weighted by Crippen LogP contribution is 2.46. The lowest BCUT2D eigenvalue weighted by Gasteiger charge is -2.25. The van der Waals surface area contributed by atoms with E-state index in [-0.39, 0.29) is 11.3 Å². The van der Waals surface area contributed by atoms with E-state index >= 15 is 0 Å². The van der Waals surface area contributed by atoms with Crippen LogP contribution in [0.25, 0.3) is 0 Å². The van der Waals surface area contributed by atoms with Crippen molar-refractivity contribution in [2.75, 3.05) is 17.3 Å². The molecule has 1 saturated heterocycles. The van der Waals surface area contributed by atoms with Gasteiger partial charge in [-0.25, -0.2) is 0 Å². The number of hydrogen-bond acceptors (Lipinski definition) is 4. The summed E-state index contributed by atoms with van der Waals surface area (Å²) in [5, 5.41) is 0.480. The molecule has 0 unspecified atom stereocenters. The molecule has 1 amide bonds. The molecule has 1 atom stereocenters. The van der Waals surface area contributed by atoms with E-state index in [2.05, 4.69) is 15.9 Å². The Hall–Kier alpha value is -2.15. The summed E-state index contributed by atoms with van der Waals surface area (Å²) in [5.74, 6) is 1.79. The van der Waals surface area contributed by atoms with Gasteiger partial charge in [0, 0.05) is 10.7 Å². The van der Waals surface area contributed by atoms with E-state index in [1.165, 1.54) is 0 Å². The molecule has 0 bridgehead atoms. The van der Waals surface area contributed by atoms with Crippen molar-refractivity contribution < 1.29 is 14.3 Å². The fourth-order valence-electron chi connectivity index (χ4n) is 3.41. The lowest BCUT2D eigenvalue weighted by Crippen LogP contribution is -2.27. The van der Waals surface area contributed by atoms with Crippen LogP contribution >= 0.6 is 39.3 Å². The van der Waals surface area contributed by atoms with E-state index in [1.54, 1.807) is 23.9 Å². The number of halogens is 2. The Morgan fingerprint density at radius 2 is 1.84 bits per heavy atom. The average Bonchev–Trinajstić information content (AvgIpc) is 3.16. The Balaban J connectivity index is 1.65. The second-order valence-corrected chi connectivity index (χ2v) is 9.30. The average molecular weight is 519 g/mol. The number of rotatable bonds is 7. The Kier molecular flexibility index (Phi) is 7.10. The van der Waals surface area contributed by atoms with Gasteiger partial charge in [-0.05, 0) is 70.4 Å². The molecule has 1 aliphatic heterocycles. The first-order chi connectivity index (χ1) is 15.1. The van der Waals surface area contributed by atoms with Gasteiger partial charge in [-0.15, -0.1) is 11.8 Å². The maximum Gasteiger partial charge on any atom is 0.238 e. The second kappa shape index (κ2) is 9.98. The molecule has 1 heterocycles. The molecule has 1 aliphatic rings. The van der Waals surface area contributed by atoms with Crippen molar-refractivity contribution in [3.8, 4) is 11.5 Å². The minimum absolute atomic E-state index is 0.0656. The van der Waals surface area contributed by atoms with Gasteiger partial charge in [0.2, 0.25) is 5.91 Å². The summed E-state index contributed by atoms with van der Waals surface area (Å²) in [4.78, 5) is 14.5. The number of thioether (sulfide) groups is 1. The van der Waals surface area contributed by atoms with Gasteiger partial charge in [0.25, 0.3) is 0 Å². The molecule has 1 fully saturated rings. The highest BCUT2D eigenvalue weighted by molar-refractivity contribution is 9.10. The number of amides is 1. The second-order valence-electron chi connectivity index (χ2n) is 6.94. The fourth-order valence-corrected chi connectivity index (χ4v) is 5.27. The third-order valence-electron chi connectivity index (χ3n) is 4.82. The highest BCUT2D eigenvalue weighted by Gasteiger charge is 2.35. The van der Waals surface area contributed by atoms with Crippen molar-refractivity contribution in [2.45, 2.75) is 18.9 Å². The maximum absolute atomic E-state index is 12.7. The van der Waals surface area contributed by atoms with Crippen LogP contribution in [0, 0.1) is 0 Å². The van der Waals surface area contributed by atoms with Crippen molar-refractivity contribution in [2.24, 2.45) is 0 Å². The number of ether oxygens (including phenoxy) is 2. The number of nitrogens with zero attached hydrogens (tertiary/aromatic N) is 1. The molecule has 4 nitrogen and oxygen atoms in total. The van der Waals surface area contributed by atoms with Gasteiger partial charge < -0.3 is 9.47 Å². The molecule has 0 radical (unpaired) electrons. The summed E-state index contributed by atoms with van der Waals surface area (Å²) in [6.45, 7) is 2.89. The van der Waals surface area contributed by atoms with Crippen LogP contribution < -0.4 is 14.4 Å². The Morgan fingerprint density at radius 1 is 1.10 bits per heavy atom. The van der Waals surface area contributed by atoms with Crippen molar-refractivity contribution in [1.82, 2.24) is 0 Å². The Morgan fingerprint density at radius 3 is 2.55 bits per heavy atom. The quantitative estimate of drug-likeness (QED) is 0.342. The van der Waals surface area contributed by atoms with Crippen molar-refractivity contribution in [1.29, 1.82) is 0 Å². The van der Waals surface area contributed by atoms with Crippen molar-refractivity contribution >= 4 is 50.9 Å². The SMILES string of the molecule is CCOc1cc([C@@H]2SCC(=O)N2c2ccc(Cl)cc2)cc(Br)c1OCc1ccccc1. The third-order valence-corrected chi connectivity index (χ3v) is 6.87. The van der Waals surface area contributed by atoms with Crippen molar-refractivity contribution in [3.05, 3.63) is 87.4 Å². The predicted octanol–water partition coefficient (Wildman–Crippen LogP) is 6.86. The van der Waals surface area contributed by atoms with Crippen molar-refractivity contribution in [3.63, 3.8) is 0 Å². The molecule has 0 saturated carbocycles. The van der Waals surface area contributed by atoms with E-state index in [0.29, 0.717) is 35.5 Å². The fraction of sp³-hybridized carbons (Fsp3) is 0.208. The molecular formula is C24H21BrClNO3S. The zero-order chi connectivity index (χ0) is 21.8. The van der Waals surface area contributed by atoms with Crippen LogP contribution in [-0.4, -0.2) is 18.3 Å². The summed E-state index contributed by atoms with van der Waals surface area (Å²) in [6.07, 6.45) is 0. The third kappa shape index (κ3) is 5.03. The van der Waals surface area contributed by atoms with Crippen LogP contribution in [0.5, 0.6) is 11.5 Å².